The summed E-state index contributed by atoms with van der Waals surface area (Å²) in [5.74, 6) is 0. The summed E-state index contributed by atoms with van der Waals surface area (Å²) in [5.41, 5.74) is 0. The minimum atomic E-state index is -3.68. The number of rotatable bonds is 3. The van der Waals surface area contributed by atoms with Crippen LogP contribution in [-0.2, 0) is 30.9 Å². The molecule has 1 N–H and O–H groups in total. The van der Waals surface area contributed by atoms with Gasteiger partial charge in [0.15, 0.2) is 0 Å². The van der Waals surface area contributed by atoms with Crippen molar-refractivity contribution in [2.24, 2.45) is 0 Å². The molecule has 1 aliphatic rings. The van der Waals surface area contributed by atoms with Crippen LogP contribution in [0, 0.1) is 0 Å². The summed E-state index contributed by atoms with van der Waals surface area (Å²) in [6.45, 7) is -0.821. The molecule has 2 unspecified atom stereocenters. The quantitative estimate of drug-likeness (QED) is 0.858. The highest BCUT2D eigenvalue weighted by Crippen LogP contribution is 2.51. The van der Waals surface area contributed by atoms with Crippen molar-refractivity contribution in [3.8, 4) is 0 Å². The van der Waals surface area contributed by atoms with Crippen LogP contribution in [0.25, 0.3) is 0 Å². The van der Waals surface area contributed by atoms with E-state index in [1.54, 1.807) is 25.1 Å². The van der Waals surface area contributed by atoms with E-state index in [4.69, 9.17) is 20.9 Å². The molecule has 5 nitrogen and oxygen atoms in total. The molecule has 0 bridgehead atoms. The van der Waals surface area contributed by atoms with Gasteiger partial charge < -0.3 is 9.05 Å². The zero-order valence-electron chi connectivity index (χ0n) is 9.07. The van der Waals surface area contributed by atoms with Gasteiger partial charge in [-0.3, -0.25) is 0 Å². The minimum Gasteiger partial charge on any atom is -0.315 e. The summed E-state index contributed by atoms with van der Waals surface area (Å²) < 4.78 is 36.9. The van der Waals surface area contributed by atoms with Crippen LogP contribution in [0.4, 0.5) is 0 Å². The number of benzene rings is 1. The van der Waals surface area contributed by atoms with Gasteiger partial charge >= 0.3 is 0 Å². The molecule has 0 amide bonds. The summed E-state index contributed by atoms with van der Waals surface area (Å²) in [5, 5.41) is 0. The van der Waals surface area contributed by atoms with Crippen molar-refractivity contribution in [1.29, 1.82) is 0 Å². The van der Waals surface area contributed by atoms with Gasteiger partial charge in [0.25, 0.3) is 6.64 Å². The van der Waals surface area contributed by atoms with E-state index >= 15 is 0 Å². The van der Waals surface area contributed by atoms with Crippen molar-refractivity contribution < 1.29 is 17.5 Å². The van der Waals surface area contributed by atoms with Crippen molar-refractivity contribution >= 4 is 28.5 Å². The van der Waals surface area contributed by atoms with E-state index in [1.807, 2.05) is 0 Å². The van der Waals surface area contributed by atoms with Gasteiger partial charge in [0.05, 0.1) is 17.6 Å². The molecule has 94 valence electrons. The summed E-state index contributed by atoms with van der Waals surface area (Å²) in [4.78, 5) is 0.149. The molecule has 1 aromatic rings. The van der Waals surface area contributed by atoms with Crippen molar-refractivity contribution in [2.45, 2.75) is 17.9 Å². The van der Waals surface area contributed by atoms with Gasteiger partial charge in [0, 0.05) is 0 Å². The Labute approximate surface area is 105 Å². The lowest BCUT2D eigenvalue weighted by atomic mass is 10.4. The molecule has 0 saturated carbocycles. The second-order valence-corrected chi connectivity index (χ2v) is 8.73. The number of hydrogen-bond acceptors (Lipinski definition) is 5. The van der Waals surface area contributed by atoms with E-state index in [0.29, 0.717) is 6.61 Å². The predicted molar refractivity (Wildman–Crippen MR) is 67.5 cm³/mol. The Morgan fingerprint density at radius 1 is 1.41 bits per heavy atom. The lowest BCUT2D eigenvalue weighted by Gasteiger charge is -2.15. The first-order valence-corrected chi connectivity index (χ1v) is 9.05. The zero-order valence-corrected chi connectivity index (χ0v) is 11.6. The maximum atomic E-state index is 12.0. The summed E-state index contributed by atoms with van der Waals surface area (Å²) in [6, 6.07) is 8.00. The molecular formula is C9H12NO4PS2. The van der Waals surface area contributed by atoms with Crippen molar-refractivity contribution in [1.82, 2.24) is 4.49 Å². The van der Waals surface area contributed by atoms with Gasteiger partial charge in [-0.1, -0.05) is 18.2 Å². The molecular weight excluding hydrogens is 281 g/mol. The predicted octanol–water partition coefficient (Wildman–Crippen LogP) is 1.62. The summed E-state index contributed by atoms with van der Waals surface area (Å²) in [6.07, 6.45) is -0.181. The molecule has 8 heteroatoms. The molecule has 2 rings (SSSR count). The van der Waals surface area contributed by atoms with Crippen LogP contribution in [0.1, 0.15) is 6.92 Å². The van der Waals surface area contributed by atoms with Crippen molar-refractivity contribution in [3.63, 3.8) is 0 Å². The molecule has 2 atom stereocenters. The van der Waals surface area contributed by atoms with E-state index < -0.39 is 16.7 Å². The second kappa shape index (κ2) is 4.76. The van der Waals surface area contributed by atoms with Crippen LogP contribution in [-0.4, -0.2) is 21.1 Å². The van der Waals surface area contributed by atoms with Gasteiger partial charge in [0.2, 0.25) is 10.0 Å². The Morgan fingerprint density at radius 3 is 2.59 bits per heavy atom. The molecule has 0 radical (unpaired) electrons. The highest BCUT2D eigenvalue weighted by Gasteiger charge is 2.34. The Bertz CT molecular complexity index is 545. The standard InChI is InChI=1S/C9H12NO4PS2/c1-8-7-13-15(16,14-8)10-17(11,12)9-5-3-2-4-6-9/h2-6,8H,7H2,1H3,(H,10,16). The van der Waals surface area contributed by atoms with Gasteiger partial charge in [0.1, 0.15) is 0 Å². The Kier molecular flexibility index (Phi) is 3.68. The monoisotopic (exact) mass is 293 g/mol. The molecule has 1 aliphatic heterocycles. The fourth-order valence-corrected chi connectivity index (χ4v) is 6.35. The smallest absolute Gasteiger partial charge is 0.275 e. The van der Waals surface area contributed by atoms with Crippen molar-refractivity contribution in [3.05, 3.63) is 30.3 Å². The number of hydrogen-bond donors (Lipinski definition) is 1. The maximum Gasteiger partial charge on any atom is 0.275 e. The molecule has 1 aromatic carbocycles. The van der Waals surface area contributed by atoms with Gasteiger partial charge in [-0.05, 0) is 30.9 Å². The third-order valence-electron chi connectivity index (χ3n) is 2.08. The summed E-state index contributed by atoms with van der Waals surface area (Å²) in [7, 11) is -3.68. The third-order valence-corrected chi connectivity index (χ3v) is 7.20. The van der Waals surface area contributed by atoms with E-state index in [0.717, 1.165) is 0 Å². The minimum absolute atomic E-state index is 0.149. The van der Waals surface area contributed by atoms with Gasteiger partial charge in [-0.15, -0.1) is 4.49 Å². The van der Waals surface area contributed by atoms with Crippen LogP contribution in [0.5, 0.6) is 0 Å². The van der Waals surface area contributed by atoms with E-state index in [1.165, 1.54) is 12.1 Å². The van der Waals surface area contributed by atoms with E-state index in [-0.39, 0.29) is 11.0 Å². The number of nitrogens with one attached hydrogen (secondary N) is 1. The van der Waals surface area contributed by atoms with Gasteiger partial charge in [-0.25, -0.2) is 8.42 Å². The van der Waals surface area contributed by atoms with Crippen LogP contribution >= 0.6 is 6.64 Å². The van der Waals surface area contributed by atoms with Crippen molar-refractivity contribution in [2.75, 3.05) is 6.61 Å². The molecule has 0 aliphatic carbocycles. The van der Waals surface area contributed by atoms with Crippen LogP contribution in [0.2, 0.25) is 0 Å². The maximum absolute atomic E-state index is 12.0. The average Bonchev–Trinajstić information content (AvgIpc) is 2.58. The van der Waals surface area contributed by atoms with Crippen LogP contribution in [0.15, 0.2) is 35.2 Å². The first-order chi connectivity index (χ1) is 7.91. The fraction of sp³-hybridized carbons (Fsp3) is 0.333. The Hall–Kier alpha value is -0.300. The first-order valence-electron chi connectivity index (χ1n) is 4.93. The molecule has 0 spiro atoms. The molecule has 1 saturated heterocycles. The Morgan fingerprint density at radius 2 is 2.06 bits per heavy atom. The lowest BCUT2D eigenvalue weighted by molar-refractivity contribution is 0.261. The first kappa shape index (κ1) is 13.1. The molecule has 0 aromatic heterocycles. The highest BCUT2D eigenvalue weighted by atomic mass is 32.5. The normalized spacial score (nSPS) is 29.4. The second-order valence-electron chi connectivity index (χ2n) is 3.62. The van der Waals surface area contributed by atoms with Gasteiger partial charge in [-0.2, -0.15) is 0 Å². The largest absolute Gasteiger partial charge is 0.315 e. The average molecular weight is 293 g/mol. The van der Waals surface area contributed by atoms with E-state index in [2.05, 4.69) is 4.49 Å². The number of sulfonamides is 1. The lowest BCUT2D eigenvalue weighted by Crippen LogP contribution is -2.21. The fourth-order valence-electron chi connectivity index (χ4n) is 1.35. The molecule has 17 heavy (non-hydrogen) atoms. The highest BCUT2D eigenvalue weighted by molar-refractivity contribution is 8.14. The topological polar surface area (TPSA) is 64.6 Å². The SMILES string of the molecule is CC1COP(=S)(NS(=O)(=O)c2ccccc2)O1. The Balaban J connectivity index is 2.22. The van der Waals surface area contributed by atoms with Crippen LogP contribution in [0.3, 0.4) is 0 Å². The van der Waals surface area contributed by atoms with Crippen LogP contribution < -0.4 is 4.49 Å². The molecule has 1 heterocycles. The third kappa shape index (κ3) is 3.13. The summed E-state index contributed by atoms with van der Waals surface area (Å²) >= 11 is 5.07. The van der Waals surface area contributed by atoms with E-state index in [9.17, 15) is 8.42 Å². The molecule has 1 fully saturated rings. The zero-order chi connectivity index (χ0) is 12.5.